The highest BCUT2D eigenvalue weighted by atomic mass is 32.2. The monoisotopic (exact) mass is 315 g/mol. The van der Waals surface area contributed by atoms with Gasteiger partial charge >= 0.3 is 6.18 Å². The van der Waals surface area contributed by atoms with Gasteiger partial charge in [-0.1, -0.05) is 50.7 Å². The van der Waals surface area contributed by atoms with Gasteiger partial charge in [-0.05, 0) is 12.1 Å². The molecule has 2 aromatic rings. The molecular formula is C14H16F3N3S. The minimum absolute atomic E-state index is 0.101. The van der Waals surface area contributed by atoms with Crippen LogP contribution in [0.25, 0.3) is 5.69 Å². The molecule has 2 N–H and O–H groups in total. The second kappa shape index (κ2) is 5.29. The van der Waals surface area contributed by atoms with E-state index in [0.29, 0.717) is 5.69 Å². The average Bonchev–Trinajstić information content (AvgIpc) is 2.64. The third kappa shape index (κ3) is 3.53. The van der Waals surface area contributed by atoms with Crippen LogP contribution >= 0.6 is 11.8 Å². The fourth-order valence-electron chi connectivity index (χ4n) is 1.80. The molecule has 0 atom stereocenters. The molecule has 1 heterocycles. The summed E-state index contributed by atoms with van der Waals surface area (Å²) in [7, 11) is 0. The fraction of sp³-hybridized carbons (Fsp3) is 0.357. The van der Waals surface area contributed by atoms with Gasteiger partial charge in [-0.15, -0.1) is 0 Å². The number of hydrogen-bond donors (Lipinski definition) is 1. The largest absolute Gasteiger partial charge is 0.422 e. The Morgan fingerprint density at radius 2 is 1.67 bits per heavy atom. The van der Waals surface area contributed by atoms with Crippen LogP contribution in [-0.4, -0.2) is 14.5 Å². The van der Waals surface area contributed by atoms with Crippen LogP contribution in [0.2, 0.25) is 0 Å². The van der Waals surface area contributed by atoms with Crippen molar-refractivity contribution in [1.82, 2.24) is 9.78 Å². The SMILES string of the molecule is CC(C)(C)Sc1nn(-c2ccccc2)c(N)c1C(F)(F)F. The summed E-state index contributed by atoms with van der Waals surface area (Å²) in [6.45, 7) is 5.49. The summed E-state index contributed by atoms with van der Waals surface area (Å²) in [4.78, 5) is 0. The van der Waals surface area contributed by atoms with E-state index in [1.165, 1.54) is 0 Å². The normalized spacial score (nSPS) is 12.7. The van der Waals surface area contributed by atoms with E-state index in [-0.39, 0.29) is 10.8 Å². The Balaban J connectivity index is 2.60. The molecule has 21 heavy (non-hydrogen) atoms. The summed E-state index contributed by atoms with van der Waals surface area (Å²) in [5.74, 6) is -0.388. The van der Waals surface area contributed by atoms with E-state index in [4.69, 9.17) is 5.73 Å². The number of halogens is 3. The van der Waals surface area contributed by atoms with Crippen LogP contribution in [-0.2, 0) is 6.18 Å². The molecule has 0 saturated carbocycles. The molecule has 1 aromatic carbocycles. The molecule has 0 aliphatic carbocycles. The van der Waals surface area contributed by atoms with Gasteiger partial charge in [0.05, 0.1) is 5.69 Å². The number of alkyl halides is 3. The molecular weight excluding hydrogens is 299 g/mol. The summed E-state index contributed by atoms with van der Waals surface area (Å²) in [5.41, 5.74) is 5.34. The Hall–Kier alpha value is -1.63. The standard InChI is InChI=1S/C14H16F3N3S/c1-13(2,3)21-12-10(14(15,16)17)11(18)20(19-12)9-7-5-4-6-8-9/h4-8H,18H2,1-3H3. The highest BCUT2D eigenvalue weighted by Crippen LogP contribution is 2.44. The van der Waals surface area contributed by atoms with E-state index in [1.54, 1.807) is 30.3 Å². The second-order valence-corrected chi connectivity index (χ2v) is 7.34. The summed E-state index contributed by atoms with van der Waals surface area (Å²) in [6.07, 6.45) is -4.54. The molecule has 0 fully saturated rings. The molecule has 7 heteroatoms. The van der Waals surface area contributed by atoms with Gasteiger partial charge in [-0.2, -0.15) is 18.3 Å². The van der Waals surface area contributed by atoms with Crippen LogP contribution < -0.4 is 5.73 Å². The minimum Gasteiger partial charge on any atom is -0.383 e. The van der Waals surface area contributed by atoms with Crippen LogP contribution in [0.5, 0.6) is 0 Å². The summed E-state index contributed by atoms with van der Waals surface area (Å²) in [6, 6.07) is 8.54. The van der Waals surface area contributed by atoms with Gasteiger partial charge in [0.2, 0.25) is 0 Å². The maximum absolute atomic E-state index is 13.3. The molecule has 0 aliphatic heterocycles. The first-order valence-electron chi connectivity index (χ1n) is 6.30. The quantitative estimate of drug-likeness (QED) is 0.837. The van der Waals surface area contributed by atoms with Crippen molar-refractivity contribution in [3.8, 4) is 5.69 Å². The number of rotatable bonds is 2. The molecule has 0 saturated heterocycles. The smallest absolute Gasteiger partial charge is 0.383 e. The van der Waals surface area contributed by atoms with Crippen molar-refractivity contribution in [3.63, 3.8) is 0 Å². The predicted octanol–water partition coefficient (Wildman–Crippen LogP) is 4.36. The first-order valence-corrected chi connectivity index (χ1v) is 7.11. The van der Waals surface area contributed by atoms with E-state index in [0.717, 1.165) is 16.4 Å². The molecule has 0 amide bonds. The topological polar surface area (TPSA) is 43.8 Å². The molecule has 0 aliphatic rings. The number of aromatic nitrogens is 2. The Morgan fingerprint density at radius 3 is 2.14 bits per heavy atom. The Bertz CT molecular complexity index is 627. The molecule has 0 bridgehead atoms. The average molecular weight is 315 g/mol. The van der Waals surface area contributed by atoms with E-state index in [9.17, 15) is 13.2 Å². The molecule has 0 unspecified atom stereocenters. The predicted molar refractivity (Wildman–Crippen MR) is 78.6 cm³/mol. The highest BCUT2D eigenvalue weighted by Gasteiger charge is 2.40. The van der Waals surface area contributed by atoms with Crippen molar-refractivity contribution >= 4 is 17.6 Å². The van der Waals surface area contributed by atoms with Gasteiger partial charge in [0.1, 0.15) is 16.4 Å². The molecule has 0 radical (unpaired) electrons. The van der Waals surface area contributed by atoms with Crippen LogP contribution in [0.15, 0.2) is 35.4 Å². The third-order valence-corrected chi connectivity index (χ3v) is 3.67. The van der Waals surface area contributed by atoms with E-state index >= 15 is 0 Å². The van der Waals surface area contributed by atoms with Crippen molar-refractivity contribution < 1.29 is 13.2 Å². The fourth-order valence-corrected chi connectivity index (χ4v) is 2.83. The van der Waals surface area contributed by atoms with Crippen LogP contribution in [0.3, 0.4) is 0 Å². The number of nitrogen functional groups attached to an aromatic ring is 1. The molecule has 114 valence electrons. The van der Waals surface area contributed by atoms with Gasteiger partial charge in [-0.3, -0.25) is 0 Å². The lowest BCUT2D eigenvalue weighted by atomic mass is 10.3. The molecule has 2 rings (SSSR count). The van der Waals surface area contributed by atoms with Gasteiger partial charge in [0.25, 0.3) is 0 Å². The first-order chi connectivity index (χ1) is 9.59. The maximum atomic E-state index is 13.3. The van der Waals surface area contributed by atoms with Crippen molar-refractivity contribution in [1.29, 1.82) is 0 Å². The second-order valence-electron chi connectivity index (χ2n) is 5.52. The van der Waals surface area contributed by atoms with E-state index in [2.05, 4.69) is 5.10 Å². The van der Waals surface area contributed by atoms with Crippen molar-refractivity contribution in [2.45, 2.75) is 36.7 Å². The summed E-state index contributed by atoms with van der Waals surface area (Å²) < 4.78 is 40.5. The number of para-hydroxylation sites is 1. The number of nitrogens with zero attached hydrogens (tertiary/aromatic N) is 2. The lowest BCUT2D eigenvalue weighted by molar-refractivity contribution is -0.139. The van der Waals surface area contributed by atoms with E-state index in [1.807, 2.05) is 20.8 Å². The Morgan fingerprint density at radius 1 is 1.10 bits per heavy atom. The molecule has 1 aromatic heterocycles. The third-order valence-electron chi connectivity index (χ3n) is 2.58. The number of anilines is 1. The first kappa shape index (κ1) is 15.8. The number of nitrogens with two attached hydrogens (primary N) is 1. The van der Waals surface area contributed by atoms with Crippen molar-refractivity contribution in [2.75, 3.05) is 5.73 Å². The summed E-state index contributed by atoms with van der Waals surface area (Å²) >= 11 is 1.05. The number of thioether (sulfide) groups is 1. The van der Waals surface area contributed by atoms with Gasteiger partial charge in [0, 0.05) is 4.75 Å². The zero-order chi connectivity index (χ0) is 15.8. The molecule has 3 nitrogen and oxygen atoms in total. The van der Waals surface area contributed by atoms with Crippen molar-refractivity contribution in [2.24, 2.45) is 0 Å². The van der Waals surface area contributed by atoms with E-state index < -0.39 is 16.5 Å². The van der Waals surface area contributed by atoms with Crippen LogP contribution in [0, 0.1) is 0 Å². The van der Waals surface area contributed by atoms with Gasteiger partial charge in [0.15, 0.2) is 0 Å². The lowest BCUT2D eigenvalue weighted by Crippen LogP contribution is -2.12. The van der Waals surface area contributed by atoms with Crippen LogP contribution in [0.1, 0.15) is 26.3 Å². The lowest BCUT2D eigenvalue weighted by Gasteiger charge is -2.17. The zero-order valence-corrected chi connectivity index (χ0v) is 12.7. The Kier molecular flexibility index (Phi) is 3.97. The van der Waals surface area contributed by atoms with Gasteiger partial charge < -0.3 is 5.73 Å². The highest BCUT2D eigenvalue weighted by molar-refractivity contribution is 8.00. The number of benzene rings is 1. The number of hydrogen-bond acceptors (Lipinski definition) is 3. The van der Waals surface area contributed by atoms with Gasteiger partial charge in [-0.25, -0.2) is 4.68 Å². The van der Waals surface area contributed by atoms with Crippen LogP contribution in [0.4, 0.5) is 19.0 Å². The maximum Gasteiger partial charge on any atom is 0.422 e. The zero-order valence-electron chi connectivity index (χ0n) is 11.9. The summed E-state index contributed by atoms with van der Waals surface area (Å²) in [5, 5.41) is 3.97. The minimum atomic E-state index is -4.54. The van der Waals surface area contributed by atoms with Crippen molar-refractivity contribution in [3.05, 3.63) is 35.9 Å². The Labute approximate surface area is 125 Å². The molecule has 0 spiro atoms.